The van der Waals surface area contributed by atoms with Crippen molar-refractivity contribution in [2.24, 2.45) is 0 Å². The minimum atomic E-state index is -1.01. The second-order valence-corrected chi connectivity index (χ2v) is 4.94. The number of amides is 4. The summed E-state index contributed by atoms with van der Waals surface area (Å²) < 4.78 is 13.9. The molecule has 0 bridgehead atoms. The van der Waals surface area contributed by atoms with Gasteiger partial charge in [0.05, 0.1) is 5.69 Å². The van der Waals surface area contributed by atoms with Crippen LogP contribution in [-0.2, 0) is 9.59 Å². The van der Waals surface area contributed by atoms with Crippen LogP contribution in [0.5, 0.6) is 0 Å². The molecule has 1 aliphatic heterocycles. The number of anilines is 1. The summed E-state index contributed by atoms with van der Waals surface area (Å²) in [5.41, 5.74) is -0.548. The van der Waals surface area contributed by atoms with Gasteiger partial charge in [0.25, 0.3) is 11.8 Å². The van der Waals surface area contributed by atoms with Gasteiger partial charge in [0.15, 0.2) is 0 Å². The number of nitrogens with zero attached hydrogens (tertiary/aromatic N) is 2. The van der Waals surface area contributed by atoms with Crippen molar-refractivity contribution < 1.29 is 18.8 Å². The molecule has 1 saturated heterocycles. The van der Waals surface area contributed by atoms with E-state index in [2.05, 4.69) is 0 Å². The van der Waals surface area contributed by atoms with Gasteiger partial charge < -0.3 is 4.90 Å². The van der Waals surface area contributed by atoms with Crippen LogP contribution in [0.25, 0.3) is 0 Å². The molecular weight excluding hydrogens is 301 g/mol. The minimum Gasteiger partial charge on any atom is -0.383 e. The molecule has 0 saturated carbocycles. The number of urea groups is 1. The van der Waals surface area contributed by atoms with Crippen LogP contribution in [0, 0.1) is 5.82 Å². The highest BCUT2D eigenvalue weighted by Crippen LogP contribution is 2.26. The van der Waals surface area contributed by atoms with Gasteiger partial charge in [-0.1, -0.05) is 11.6 Å². The van der Waals surface area contributed by atoms with Gasteiger partial charge in [0, 0.05) is 25.3 Å². The lowest BCUT2D eigenvalue weighted by molar-refractivity contribution is -0.122. The molecule has 1 fully saturated rings. The summed E-state index contributed by atoms with van der Waals surface area (Å²) in [5.74, 6) is -2.58. The SMILES string of the molecule is CN(C)/C=C1\C(=O)NC(=O)N(c2ccc(Cl)cc2F)C1=O. The van der Waals surface area contributed by atoms with E-state index in [1.807, 2.05) is 5.32 Å². The van der Waals surface area contributed by atoms with Crippen molar-refractivity contribution in [2.75, 3.05) is 19.0 Å². The Balaban J connectivity index is 2.49. The lowest BCUT2D eigenvalue weighted by Crippen LogP contribution is -2.55. The van der Waals surface area contributed by atoms with Gasteiger partial charge in [-0.3, -0.25) is 14.9 Å². The minimum absolute atomic E-state index is 0.126. The Morgan fingerprint density at radius 1 is 1.29 bits per heavy atom. The summed E-state index contributed by atoms with van der Waals surface area (Å²) in [5, 5.41) is 2.11. The fourth-order valence-electron chi connectivity index (χ4n) is 1.78. The van der Waals surface area contributed by atoms with Gasteiger partial charge in [-0.05, 0) is 18.2 Å². The molecule has 8 heteroatoms. The molecule has 110 valence electrons. The first kappa shape index (κ1) is 15.0. The maximum Gasteiger partial charge on any atom is 0.336 e. The van der Waals surface area contributed by atoms with Crippen molar-refractivity contribution >= 4 is 35.1 Å². The first-order valence-corrected chi connectivity index (χ1v) is 6.22. The van der Waals surface area contributed by atoms with Gasteiger partial charge in [-0.2, -0.15) is 0 Å². The molecule has 4 amide bonds. The number of carbonyl (C=O) groups excluding carboxylic acids is 3. The van der Waals surface area contributed by atoms with Crippen molar-refractivity contribution in [1.82, 2.24) is 10.2 Å². The highest BCUT2D eigenvalue weighted by molar-refractivity contribution is 6.37. The zero-order valence-electron chi connectivity index (χ0n) is 11.2. The van der Waals surface area contributed by atoms with E-state index in [-0.39, 0.29) is 16.3 Å². The third kappa shape index (κ3) is 2.87. The van der Waals surface area contributed by atoms with Crippen molar-refractivity contribution in [3.8, 4) is 0 Å². The van der Waals surface area contributed by atoms with Crippen LogP contribution < -0.4 is 10.2 Å². The normalized spacial score (nSPS) is 17.2. The molecule has 0 radical (unpaired) electrons. The smallest absolute Gasteiger partial charge is 0.336 e. The Kier molecular flexibility index (Phi) is 3.95. The number of imide groups is 2. The number of halogens is 2. The molecule has 1 aromatic rings. The third-order valence-corrected chi connectivity index (χ3v) is 2.87. The van der Waals surface area contributed by atoms with Gasteiger partial charge in [-0.15, -0.1) is 0 Å². The first-order chi connectivity index (χ1) is 9.81. The molecule has 1 aromatic carbocycles. The molecule has 6 nitrogen and oxygen atoms in total. The zero-order valence-corrected chi connectivity index (χ0v) is 11.9. The van der Waals surface area contributed by atoms with Gasteiger partial charge in [0.1, 0.15) is 11.4 Å². The standard InChI is InChI=1S/C13H11ClFN3O3/c1-17(2)6-8-11(19)16-13(21)18(12(8)20)10-4-3-7(14)5-9(10)15/h3-6H,1-2H3,(H,16,19,21)/b8-6+. The van der Waals surface area contributed by atoms with Crippen LogP contribution in [0.15, 0.2) is 30.0 Å². The van der Waals surface area contributed by atoms with Crippen molar-refractivity contribution in [1.29, 1.82) is 0 Å². The topological polar surface area (TPSA) is 69.7 Å². The predicted molar refractivity (Wildman–Crippen MR) is 74.2 cm³/mol. The number of benzene rings is 1. The monoisotopic (exact) mass is 311 g/mol. The highest BCUT2D eigenvalue weighted by atomic mass is 35.5. The molecule has 1 heterocycles. The Bertz CT molecular complexity index is 673. The lowest BCUT2D eigenvalue weighted by Gasteiger charge is -2.27. The van der Waals surface area contributed by atoms with E-state index in [1.54, 1.807) is 14.1 Å². The predicted octanol–water partition coefficient (Wildman–Crippen LogP) is 1.51. The lowest BCUT2D eigenvalue weighted by atomic mass is 10.1. The Morgan fingerprint density at radius 2 is 1.95 bits per heavy atom. The van der Waals surface area contributed by atoms with Gasteiger partial charge in [-0.25, -0.2) is 14.1 Å². The second-order valence-electron chi connectivity index (χ2n) is 4.50. The molecule has 0 unspecified atom stereocenters. The Labute approximate surface area is 124 Å². The summed E-state index contributed by atoms with van der Waals surface area (Å²) in [6.07, 6.45) is 1.25. The third-order valence-electron chi connectivity index (χ3n) is 2.64. The number of carbonyl (C=O) groups is 3. The fraction of sp³-hybridized carbons (Fsp3) is 0.154. The van der Waals surface area contributed by atoms with Crippen molar-refractivity contribution in [3.05, 3.63) is 40.8 Å². The average molecular weight is 312 g/mol. The van der Waals surface area contributed by atoms with Crippen LogP contribution in [0.3, 0.4) is 0 Å². The summed E-state index contributed by atoms with van der Waals surface area (Å²) in [7, 11) is 3.22. The maximum absolute atomic E-state index is 13.9. The summed E-state index contributed by atoms with van der Waals surface area (Å²) >= 11 is 5.63. The Hall–Kier alpha value is -2.41. The van der Waals surface area contributed by atoms with E-state index in [1.165, 1.54) is 23.2 Å². The molecule has 1 N–H and O–H groups in total. The van der Waals surface area contributed by atoms with Gasteiger partial charge in [0.2, 0.25) is 0 Å². The maximum atomic E-state index is 13.9. The number of hydrogen-bond donors (Lipinski definition) is 1. The molecular formula is C13H11ClFN3O3. The summed E-state index contributed by atoms with van der Waals surface area (Å²) in [6.45, 7) is 0. The fourth-order valence-corrected chi connectivity index (χ4v) is 1.94. The molecule has 0 atom stereocenters. The first-order valence-electron chi connectivity index (χ1n) is 5.84. The highest BCUT2D eigenvalue weighted by Gasteiger charge is 2.38. The van der Waals surface area contributed by atoms with Crippen LogP contribution in [0.2, 0.25) is 5.02 Å². The van der Waals surface area contributed by atoms with E-state index in [0.717, 1.165) is 6.07 Å². The van der Waals surface area contributed by atoms with Crippen molar-refractivity contribution in [2.45, 2.75) is 0 Å². The zero-order chi connectivity index (χ0) is 15.7. The van der Waals surface area contributed by atoms with Crippen LogP contribution in [0.1, 0.15) is 0 Å². The molecule has 21 heavy (non-hydrogen) atoms. The van der Waals surface area contributed by atoms with E-state index in [4.69, 9.17) is 11.6 Å². The molecule has 1 aliphatic rings. The van der Waals surface area contributed by atoms with Crippen LogP contribution in [0.4, 0.5) is 14.9 Å². The second kappa shape index (κ2) is 5.53. The van der Waals surface area contributed by atoms with Crippen LogP contribution in [-0.4, -0.2) is 36.8 Å². The van der Waals surface area contributed by atoms with E-state index < -0.39 is 23.7 Å². The summed E-state index contributed by atoms with van der Waals surface area (Å²) in [6, 6.07) is 2.50. The summed E-state index contributed by atoms with van der Waals surface area (Å²) in [4.78, 5) is 37.8. The Morgan fingerprint density at radius 3 is 2.52 bits per heavy atom. The molecule has 2 rings (SSSR count). The van der Waals surface area contributed by atoms with Gasteiger partial charge >= 0.3 is 6.03 Å². The molecule has 0 spiro atoms. The van der Waals surface area contributed by atoms with Crippen molar-refractivity contribution in [3.63, 3.8) is 0 Å². The number of rotatable bonds is 2. The number of hydrogen-bond acceptors (Lipinski definition) is 4. The number of nitrogens with one attached hydrogen (secondary N) is 1. The van der Waals surface area contributed by atoms with E-state index >= 15 is 0 Å². The molecule has 0 aromatic heterocycles. The number of barbiturate groups is 1. The quantitative estimate of drug-likeness (QED) is 0.664. The van der Waals surface area contributed by atoms with E-state index in [0.29, 0.717) is 4.90 Å². The molecule has 0 aliphatic carbocycles. The van der Waals surface area contributed by atoms with E-state index in [9.17, 15) is 18.8 Å². The largest absolute Gasteiger partial charge is 0.383 e. The average Bonchev–Trinajstić information content (AvgIpc) is 2.36. The van der Waals surface area contributed by atoms with Crippen LogP contribution >= 0.6 is 11.6 Å².